The molecule has 5 heteroatoms. The van der Waals surface area contributed by atoms with Crippen molar-refractivity contribution in [2.75, 3.05) is 13.2 Å². The quantitative estimate of drug-likeness (QED) is 0.662. The Hall–Kier alpha value is -1.25. The lowest BCUT2D eigenvalue weighted by Gasteiger charge is -2.38. The SMILES string of the molecule is CC(=O)C1(C#N)COC(C)(C(C)=O)OC1. The maximum absolute atomic E-state index is 11.3. The second-order valence-corrected chi connectivity index (χ2v) is 3.83. The van der Waals surface area contributed by atoms with E-state index < -0.39 is 11.2 Å². The molecule has 0 aromatic carbocycles. The molecule has 0 aromatic heterocycles. The van der Waals surface area contributed by atoms with Crippen LogP contribution < -0.4 is 0 Å². The Morgan fingerprint density at radius 1 is 1.20 bits per heavy atom. The number of carbonyl (C=O) groups excluding carboxylic acids is 2. The van der Waals surface area contributed by atoms with Crippen molar-refractivity contribution in [3.8, 4) is 6.07 Å². The zero-order valence-electron chi connectivity index (χ0n) is 8.99. The van der Waals surface area contributed by atoms with Crippen molar-refractivity contribution in [2.24, 2.45) is 5.41 Å². The van der Waals surface area contributed by atoms with Crippen LogP contribution in [0.15, 0.2) is 0 Å². The average Bonchev–Trinajstić information content (AvgIpc) is 2.19. The van der Waals surface area contributed by atoms with Gasteiger partial charge in [0.15, 0.2) is 17.0 Å². The van der Waals surface area contributed by atoms with Crippen LogP contribution in [-0.2, 0) is 19.1 Å². The van der Waals surface area contributed by atoms with E-state index in [2.05, 4.69) is 0 Å². The van der Waals surface area contributed by atoms with Crippen molar-refractivity contribution in [1.29, 1.82) is 5.26 Å². The maximum atomic E-state index is 11.3. The highest BCUT2D eigenvalue weighted by Gasteiger charge is 2.48. The van der Waals surface area contributed by atoms with Gasteiger partial charge in [0.2, 0.25) is 5.79 Å². The molecule has 0 N–H and O–H groups in total. The van der Waals surface area contributed by atoms with E-state index in [1.165, 1.54) is 20.8 Å². The molecule has 1 aliphatic heterocycles. The van der Waals surface area contributed by atoms with Crippen molar-refractivity contribution in [1.82, 2.24) is 0 Å². The smallest absolute Gasteiger partial charge is 0.225 e. The first kappa shape index (κ1) is 11.8. The first-order valence-electron chi connectivity index (χ1n) is 4.57. The molecular formula is C10H13NO4. The summed E-state index contributed by atoms with van der Waals surface area (Å²) in [6.07, 6.45) is 0. The van der Waals surface area contributed by atoms with Gasteiger partial charge in [-0.15, -0.1) is 0 Å². The fourth-order valence-corrected chi connectivity index (χ4v) is 1.15. The summed E-state index contributed by atoms with van der Waals surface area (Å²) in [6.45, 7) is 3.93. The minimum Gasteiger partial charge on any atom is -0.342 e. The largest absolute Gasteiger partial charge is 0.342 e. The molecule has 0 spiro atoms. The molecule has 0 radical (unpaired) electrons. The van der Waals surface area contributed by atoms with Gasteiger partial charge >= 0.3 is 0 Å². The minimum atomic E-state index is -1.32. The van der Waals surface area contributed by atoms with Crippen LogP contribution in [0.4, 0.5) is 0 Å². The highest BCUT2D eigenvalue weighted by Crippen LogP contribution is 2.30. The summed E-state index contributed by atoms with van der Waals surface area (Å²) < 4.78 is 10.4. The van der Waals surface area contributed by atoms with E-state index in [1.54, 1.807) is 0 Å². The van der Waals surface area contributed by atoms with Crippen LogP contribution in [-0.4, -0.2) is 30.6 Å². The van der Waals surface area contributed by atoms with Crippen LogP contribution in [0.5, 0.6) is 0 Å². The first-order chi connectivity index (χ1) is 6.86. The van der Waals surface area contributed by atoms with E-state index in [4.69, 9.17) is 14.7 Å². The van der Waals surface area contributed by atoms with E-state index in [9.17, 15) is 9.59 Å². The van der Waals surface area contributed by atoms with Gasteiger partial charge in [-0.3, -0.25) is 9.59 Å². The van der Waals surface area contributed by atoms with Crippen molar-refractivity contribution in [3.05, 3.63) is 0 Å². The van der Waals surface area contributed by atoms with Crippen LogP contribution in [0.25, 0.3) is 0 Å². The third-order valence-corrected chi connectivity index (χ3v) is 2.72. The Balaban J connectivity index is 2.83. The highest BCUT2D eigenvalue weighted by atomic mass is 16.7. The summed E-state index contributed by atoms with van der Waals surface area (Å²) in [7, 11) is 0. The molecule has 1 heterocycles. The number of rotatable bonds is 2. The van der Waals surface area contributed by atoms with Gasteiger partial charge < -0.3 is 9.47 Å². The minimum absolute atomic E-state index is 0.102. The summed E-state index contributed by atoms with van der Waals surface area (Å²) in [5.41, 5.74) is -1.27. The third-order valence-electron chi connectivity index (χ3n) is 2.72. The molecule has 1 fully saturated rings. The molecule has 0 amide bonds. The average molecular weight is 211 g/mol. The van der Waals surface area contributed by atoms with Gasteiger partial charge in [-0.2, -0.15) is 5.26 Å². The lowest BCUT2D eigenvalue weighted by atomic mass is 9.86. The Bertz CT molecular complexity index is 334. The third kappa shape index (κ3) is 1.91. The van der Waals surface area contributed by atoms with Gasteiger partial charge in [-0.25, -0.2) is 0 Å². The van der Waals surface area contributed by atoms with Gasteiger partial charge in [-0.1, -0.05) is 0 Å². The van der Waals surface area contributed by atoms with Crippen molar-refractivity contribution in [2.45, 2.75) is 26.6 Å². The number of Topliss-reactive ketones (excluding diaryl/α,β-unsaturated/α-hetero) is 2. The Morgan fingerprint density at radius 2 is 1.67 bits per heavy atom. The van der Waals surface area contributed by atoms with Gasteiger partial charge in [0.05, 0.1) is 19.3 Å². The van der Waals surface area contributed by atoms with Crippen LogP contribution in [0.3, 0.4) is 0 Å². The number of nitrogens with zero attached hydrogens (tertiary/aromatic N) is 1. The standard InChI is InChI=1S/C10H13NO4/c1-7(12)9(3)14-5-10(4-11,6-15-9)8(2)13/h5-6H2,1-3H3. The second kappa shape index (κ2) is 3.72. The van der Waals surface area contributed by atoms with Gasteiger partial charge in [0.1, 0.15) is 0 Å². The van der Waals surface area contributed by atoms with Gasteiger partial charge in [0, 0.05) is 6.92 Å². The molecule has 82 valence electrons. The van der Waals surface area contributed by atoms with Gasteiger partial charge in [0.25, 0.3) is 0 Å². The number of ether oxygens (including phenoxy) is 2. The monoisotopic (exact) mass is 211 g/mol. The summed E-state index contributed by atoms with van der Waals surface area (Å²) in [5.74, 6) is -1.91. The van der Waals surface area contributed by atoms with Crippen molar-refractivity contribution < 1.29 is 19.1 Å². The molecule has 0 bridgehead atoms. The van der Waals surface area contributed by atoms with E-state index >= 15 is 0 Å². The lowest BCUT2D eigenvalue weighted by Crippen LogP contribution is -2.53. The Kier molecular flexibility index (Phi) is 2.93. The normalized spacial score (nSPS) is 35.6. The van der Waals surface area contributed by atoms with Crippen LogP contribution in [0.1, 0.15) is 20.8 Å². The molecule has 1 aliphatic rings. The number of ketones is 2. The fourth-order valence-electron chi connectivity index (χ4n) is 1.15. The lowest BCUT2D eigenvalue weighted by molar-refractivity contribution is -0.264. The zero-order chi connectivity index (χ0) is 11.7. The molecule has 0 atom stereocenters. The molecule has 1 saturated heterocycles. The highest BCUT2D eigenvalue weighted by molar-refractivity contribution is 5.87. The molecule has 0 aliphatic carbocycles. The molecule has 0 aromatic rings. The molecule has 0 saturated carbocycles. The maximum Gasteiger partial charge on any atom is 0.225 e. The Labute approximate surface area is 88.0 Å². The summed E-state index contributed by atoms with van der Waals surface area (Å²) >= 11 is 0. The van der Waals surface area contributed by atoms with Gasteiger partial charge in [-0.05, 0) is 13.8 Å². The number of hydrogen-bond donors (Lipinski definition) is 0. The van der Waals surface area contributed by atoms with Crippen molar-refractivity contribution in [3.63, 3.8) is 0 Å². The summed E-state index contributed by atoms with van der Waals surface area (Å²) in [4.78, 5) is 22.4. The fraction of sp³-hybridized carbons (Fsp3) is 0.700. The predicted octanol–water partition coefficient (Wildman–Crippen LogP) is 0.437. The molecule has 1 rings (SSSR count). The number of carbonyl (C=O) groups is 2. The molecule has 0 unspecified atom stereocenters. The van der Waals surface area contributed by atoms with Crippen LogP contribution in [0.2, 0.25) is 0 Å². The molecule has 15 heavy (non-hydrogen) atoms. The van der Waals surface area contributed by atoms with E-state index in [0.717, 1.165) is 0 Å². The second-order valence-electron chi connectivity index (χ2n) is 3.83. The first-order valence-corrected chi connectivity index (χ1v) is 4.57. The van der Waals surface area contributed by atoms with Crippen molar-refractivity contribution >= 4 is 11.6 Å². The molecule has 5 nitrogen and oxygen atoms in total. The van der Waals surface area contributed by atoms with E-state index in [1.807, 2.05) is 6.07 Å². The van der Waals surface area contributed by atoms with Crippen LogP contribution >= 0.6 is 0 Å². The summed E-state index contributed by atoms with van der Waals surface area (Å²) in [6, 6.07) is 1.88. The predicted molar refractivity (Wildman–Crippen MR) is 49.7 cm³/mol. The topological polar surface area (TPSA) is 76.4 Å². The Morgan fingerprint density at radius 3 is 1.93 bits per heavy atom. The number of hydrogen-bond acceptors (Lipinski definition) is 5. The van der Waals surface area contributed by atoms with E-state index in [0.29, 0.717) is 0 Å². The zero-order valence-corrected chi connectivity index (χ0v) is 8.99. The van der Waals surface area contributed by atoms with Crippen LogP contribution in [0, 0.1) is 16.7 Å². The van der Waals surface area contributed by atoms with E-state index in [-0.39, 0.29) is 24.8 Å². The molecular weight excluding hydrogens is 198 g/mol. The number of nitriles is 1. The summed E-state index contributed by atoms with van der Waals surface area (Å²) in [5, 5.41) is 8.90.